The highest BCUT2D eigenvalue weighted by molar-refractivity contribution is 5.89. The molecular weight excluding hydrogens is 336 g/mol. The van der Waals surface area contributed by atoms with Gasteiger partial charge in [-0.15, -0.1) is 0 Å². The number of aromatic nitrogens is 2. The van der Waals surface area contributed by atoms with Crippen LogP contribution in [0.4, 0.5) is 5.82 Å². The maximum atomic E-state index is 5.85. The van der Waals surface area contributed by atoms with Crippen LogP contribution in [-0.2, 0) is 4.74 Å². The predicted molar refractivity (Wildman–Crippen MR) is 110 cm³/mol. The molecule has 2 N–H and O–H groups in total. The van der Waals surface area contributed by atoms with Crippen LogP contribution in [0.2, 0.25) is 0 Å². The molecule has 0 amide bonds. The van der Waals surface area contributed by atoms with Gasteiger partial charge in [0.1, 0.15) is 12.1 Å². The van der Waals surface area contributed by atoms with Gasteiger partial charge in [0.2, 0.25) is 0 Å². The molecule has 2 fully saturated rings. The molecule has 4 rings (SSSR count). The van der Waals surface area contributed by atoms with Crippen molar-refractivity contribution in [2.24, 2.45) is 0 Å². The second-order valence-corrected chi connectivity index (χ2v) is 8.90. The number of nitrogens with zero attached hydrogens (tertiary/aromatic N) is 2. The van der Waals surface area contributed by atoms with Gasteiger partial charge < -0.3 is 15.4 Å². The highest BCUT2D eigenvalue weighted by Gasteiger charge is 2.31. The first-order chi connectivity index (χ1) is 13.0. The molecule has 2 heterocycles. The van der Waals surface area contributed by atoms with Crippen molar-refractivity contribution in [2.75, 3.05) is 11.9 Å². The first-order valence-electron chi connectivity index (χ1n) is 10.4. The number of rotatable bonds is 4. The number of aryl methyl sites for hydroxylation is 1. The molecule has 1 aromatic carbocycles. The predicted octanol–water partition coefficient (Wildman–Crippen LogP) is 4.21. The van der Waals surface area contributed by atoms with Gasteiger partial charge in [-0.2, -0.15) is 0 Å². The second kappa shape index (κ2) is 7.72. The lowest BCUT2D eigenvalue weighted by molar-refractivity contribution is -0.0646. The summed E-state index contributed by atoms with van der Waals surface area (Å²) in [5.41, 5.74) is 2.27. The molecule has 1 aromatic heterocycles. The van der Waals surface area contributed by atoms with Crippen molar-refractivity contribution in [1.82, 2.24) is 15.3 Å². The molecule has 5 nitrogen and oxygen atoms in total. The number of ether oxygens (including phenoxy) is 1. The second-order valence-electron chi connectivity index (χ2n) is 8.90. The van der Waals surface area contributed by atoms with Crippen LogP contribution in [0, 0.1) is 6.92 Å². The number of benzene rings is 1. The van der Waals surface area contributed by atoms with Gasteiger partial charge in [0.25, 0.3) is 0 Å². The van der Waals surface area contributed by atoms with E-state index >= 15 is 0 Å². The Morgan fingerprint density at radius 1 is 1.00 bits per heavy atom. The van der Waals surface area contributed by atoms with Crippen LogP contribution in [0.1, 0.15) is 57.9 Å². The summed E-state index contributed by atoms with van der Waals surface area (Å²) in [7, 11) is 0. The molecule has 0 bridgehead atoms. The van der Waals surface area contributed by atoms with Gasteiger partial charge in [-0.3, -0.25) is 0 Å². The van der Waals surface area contributed by atoms with Gasteiger partial charge in [-0.1, -0.05) is 11.6 Å². The molecular formula is C22H32N4O. The third kappa shape index (κ3) is 4.58. The summed E-state index contributed by atoms with van der Waals surface area (Å²) in [6.07, 6.45) is 8.71. The van der Waals surface area contributed by atoms with Crippen LogP contribution < -0.4 is 10.6 Å². The molecule has 27 heavy (non-hydrogen) atoms. The Bertz CT molecular complexity index is 783. The molecule has 2 aliphatic rings. The van der Waals surface area contributed by atoms with Crippen molar-refractivity contribution in [2.45, 2.75) is 83.0 Å². The molecule has 1 unspecified atom stereocenters. The van der Waals surface area contributed by atoms with Crippen molar-refractivity contribution in [3.8, 4) is 0 Å². The van der Waals surface area contributed by atoms with Gasteiger partial charge in [0, 0.05) is 30.1 Å². The minimum Gasteiger partial charge on any atom is -0.375 e. The fraction of sp³-hybridized carbons (Fsp3) is 0.636. The van der Waals surface area contributed by atoms with Gasteiger partial charge in [0.05, 0.1) is 11.1 Å². The van der Waals surface area contributed by atoms with E-state index < -0.39 is 0 Å². The molecule has 1 atom stereocenters. The van der Waals surface area contributed by atoms with Crippen molar-refractivity contribution in [3.05, 3.63) is 30.1 Å². The molecule has 146 valence electrons. The molecule has 1 saturated heterocycles. The lowest BCUT2D eigenvalue weighted by atomic mass is 9.88. The van der Waals surface area contributed by atoms with Crippen molar-refractivity contribution in [1.29, 1.82) is 0 Å². The molecule has 1 saturated carbocycles. The molecule has 0 spiro atoms. The Morgan fingerprint density at radius 2 is 1.78 bits per heavy atom. The molecule has 1 aliphatic carbocycles. The third-order valence-corrected chi connectivity index (χ3v) is 6.03. The summed E-state index contributed by atoms with van der Waals surface area (Å²) in [5.74, 6) is 0.978. The van der Waals surface area contributed by atoms with Crippen LogP contribution in [-0.4, -0.2) is 40.3 Å². The Kier molecular flexibility index (Phi) is 5.33. The van der Waals surface area contributed by atoms with Crippen LogP contribution >= 0.6 is 0 Å². The maximum absolute atomic E-state index is 5.85. The van der Waals surface area contributed by atoms with E-state index in [1.807, 2.05) is 0 Å². The average molecular weight is 369 g/mol. The molecule has 1 aliphatic heterocycles. The normalized spacial score (nSPS) is 28.2. The van der Waals surface area contributed by atoms with Crippen molar-refractivity contribution in [3.63, 3.8) is 0 Å². The maximum Gasteiger partial charge on any atom is 0.137 e. The summed E-state index contributed by atoms with van der Waals surface area (Å²) in [6.45, 7) is 7.40. The van der Waals surface area contributed by atoms with E-state index in [-0.39, 0.29) is 5.60 Å². The summed E-state index contributed by atoms with van der Waals surface area (Å²) in [6, 6.07) is 8.08. The Labute approximate surface area is 162 Å². The minimum absolute atomic E-state index is 0.0148. The summed E-state index contributed by atoms with van der Waals surface area (Å²) >= 11 is 0. The van der Waals surface area contributed by atoms with Crippen molar-refractivity contribution < 1.29 is 4.74 Å². The van der Waals surface area contributed by atoms with Crippen LogP contribution in [0.5, 0.6) is 0 Å². The summed E-state index contributed by atoms with van der Waals surface area (Å²) in [5, 5.41) is 8.72. The van der Waals surface area contributed by atoms with Crippen LogP contribution in [0.15, 0.2) is 24.5 Å². The zero-order chi connectivity index (χ0) is 18.9. The first-order valence-corrected chi connectivity index (χ1v) is 10.4. The quantitative estimate of drug-likeness (QED) is 0.847. The monoisotopic (exact) mass is 368 g/mol. The summed E-state index contributed by atoms with van der Waals surface area (Å²) in [4.78, 5) is 8.91. The topological polar surface area (TPSA) is 59.1 Å². The number of hydrogen-bond donors (Lipinski definition) is 2. The largest absolute Gasteiger partial charge is 0.375 e. The smallest absolute Gasteiger partial charge is 0.137 e. The fourth-order valence-electron chi connectivity index (χ4n) is 4.59. The molecule has 2 aromatic rings. The SMILES string of the molecule is Cc1ccc2ncnc(NC3CCC(NC4CCOC(C)(C)C4)CC3)c2c1. The average Bonchev–Trinajstić information content (AvgIpc) is 2.63. The number of nitrogens with one attached hydrogen (secondary N) is 2. The number of fused-ring (bicyclic) bond motifs is 1. The standard InChI is InChI=1S/C22H32N4O/c1-15-4-9-20-19(12-15)21(24-14-23-20)26-17-7-5-16(6-8-17)25-18-10-11-27-22(2,3)13-18/h4,9,12,14,16-18,25H,5-8,10-11,13H2,1-3H3,(H,23,24,26). The van der Waals surface area contributed by atoms with E-state index in [2.05, 4.69) is 59.6 Å². The van der Waals surface area contributed by atoms with E-state index in [0.717, 1.165) is 36.2 Å². The zero-order valence-corrected chi connectivity index (χ0v) is 16.8. The van der Waals surface area contributed by atoms with E-state index in [1.165, 1.54) is 31.2 Å². The van der Waals surface area contributed by atoms with Gasteiger partial charge in [0.15, 0.2) is 0 Å². The first kappa shape index (κ1) is 18.6. The van der Waals surface area contributed by atoms with E-state index in [0.29, 0.717) is 18.1 Å². The molecule has 0 radical (unpaired) electrons. The van der Waals surface area contributed by atoms with Crippen LogP contribution in [0.3, 0.4) is 0 Å². The summed E-state index contributed by atoms with van der Waals surface area (Å²) < 4.78 is 5.85. The van der Waals surface area contributed by atoms with E-state index in [9.17, 15) is 0 Å². The highest BCUT2D eigenvalue weighted by atomic mass is 16.5. The van der Waals surface area contributed by atoms with Gasteiger partial charge in [-0.05, 0) is 71.4 Å². The molecule has 5 heteroatoms. The van der Waals surface area contributed by atoms with Crippen LogP contribution in [0.25, 0.3) is 10.9 Å². The van der Waals surface area contributed by atoms with Gasteiger partial charge >= 0.3 is 0 Å². The zero-order valence-electron chi connectivity index (χ0n) is 16.8. The Morgan fingerprint density at radius 3 is 2.56 bits per heavy atom. The van der Waals surface area contributed by atoms with Gasteiger partial charge in [-0.25, -0.2) is 9.97 Å². The van der Waals surface area contributed by atoms with E-state index in [4.69, 9.17) is 4.74 Å². The lowest BCUT2D eigenvalue weighted by Gasteiger charge is -2.39. The Balaban J connectivity index is 1.33. The third-order valence-electron chi connectivity index (χ3n) is 6.03. The lowest BCUT2D eigenvalue weighted by Crippen LogP contribution is -2.48. The minimum atomic E-state index is 0.0148. The number of anilines is 1. The number of hydrogen-bond acceptors (Lipinski definition) is 5. The van der Waals surface area contributed by atoms with E-state index in [1.54, 1.807) is 6.33 Å². The Hall–Kier alpha value is -1.72. The fourth-order valence-corrected chi connectivity index (χ4v) is 4.59. The van der Waals surface area contributed by atoms with Crippen molar-refractivity contribution >= 4 is 16.7 Å². The highest BCUT2D eigenvalue weighted by Crippen LogP contribution is 2.28.